The maximum Gasteiger partial charge on any atom is -0.0184 e. The van der Waals surface area contributed by atoms with Crippen LogP contribution in [-0.4, -0.2) is 0 Å². The molecule has 3 aromatic rings. The molecule has 146 valence electrons. The second-order valence-electron chi connectivity index (χ2n) is 4.50. The highest BCUT2D eigenvalue weighted by Gasteiger charge is 1.85. The molecule has 0 aliphatic carbocycles. The fourth-order valence-corrected chi connectivity index (χ4v) is 1.52. The van der Waals surface area contributed by atoms with Gasteiger partial charge in [-0.2, -0.15) is 0 Å². The Morgan fingerprint density at radius 1 is 0.385 bits per heavy atom. The van der Waals surface area contributed by atoms with E-state index < -0.39 is 0 Å². The van der Waals surface area contributed by atoms with E-state index in [-0.39, 0.29) is 0 Å². The van der Waals surface area contributed by atoms with E-state index in [4.69, 9.17) is 0 Å². The molecule has 0 nitrogen and oxygen atoms in total. The molecule has 0 saturated carbocycles. The quantitative estimate of drug-likeness (QED) is 0.408. The van der Waals surface area contributed by atoms with Crippen molar-refractivity contribution in [2.45, 2.75) is 68.2 Å². The summed E-state index contributed by atoms with van der Waals surface area (Å²) in [6, 6.07) is 28.7. The molecule has 0 aromatic heterocycles. The fourth-order valence-electron chi connectivity index (χ4n) is 1.52. The summed E-state index contributed by atoms with van der Waals surface area (Å²) in [4.78, 5) is 0. The van der Waals surface area contributed by atoms with Gasteiger partial charge in [-0.05, 0) is 10.8 Å². The Morgan fingerprint density at radius 3 is 0.731 bits per heavy atom. The second kappa shape index (κ2) is 27.8. The van der Waals surface area contributed by atoms with E-state index in [0.717, 1.165) is 0 Å². The highest BCUT2D eigenvalue weighted by molar-refractivity contribution is 5.81. The van der Waals surface area contributed by atoms with Crippen molar-refractivity contribution < 1.29 is 0 Å². The molecule has 3 rings (SSSR count). The van der Waals surface area contributed by atoms with Gasteiger partial charge in [0.15, 0.2) is 0 Å². The molecule has 0 bridgehead atoms. The summed E-state index contributed by atoms with van der Waals surface area (Å²) >= 11 is 0. The van der Waals surface area contributed by atoms with Crippen molar-refractivity contribution in [1.29, 1.82) is 0 Å². The van der Waals surface area contributed by atoms with E-state index in [0.29, 0.717) is 0 Å². The molecule has 0 atom stereocenters. The summed E-state index contributed by atoms with van der Waals surface area (Å²) in [7, 11) is 0. The lowest BCUT2D eigenvalue weighted by Gasteiger charge is -1.92. The third-order valence-electron chi connectivity index (χ3n) is 2.83. The molecule has 0 N–H and O–H groups in total. The van der Waals surface area contributed by atoms with Crippen molar-refractivity contribution in [2.75, 3.05) is 0 Å². The third kappa shape index (κ3) is 18.3. The van der Waals surface area contributed by atoms with Crippen molar-refractivity contribution in [3.05, 3.63) is 84.9 Å². The van der Waals surface area contributed by atoms with Crippen LogP contribution in [0, 0.1) is 0 Å². The minimum atomic E-state index is 1.31. The number of benzene rings is 3. The van der Waals surface area contributed by atoms with Gasteiger partial charge in [0, 0.05) is 0 Å². The molecular formula is C26H42. The van der Waals surface area contributed by atoms with Crippen molar-refractivity contribution in [2.24, 2.45) is 0 Å². The summed E-state index contributed by atoms with van der Waals surface area (Å²) in [5.74, 6) is 0. The van der Waals surface area contributed by atoms with E-state index in [1.807, 2.05) is 77.9 Å². The molecule has 0 fully saturated rings. The number of hydrogen-bond acceptors (Lipinski definition) is 0. The van der Waals surface area contributed by atoms with E-state index >= 15 is 0 Å². The molecule has 0 saturated heterocycles. The van der Waals surface area contributed by atoms with E-state index in [2.05, 4.69) is 62.4 Å². The lowest BCUT2D eigenvalue weighted by molar-refractivity contribution is 0.886. The van der Waals surface area contributed by atoms with Crippen LogP contribution in [0.3, 0.4) is 0 Å². The molecule has 0 spiro atoms. The van der Waals surface area contributed by atoms with Crippen molar-refractivity contribution in [3.63, 3.8) is 0 Å². The van der Waals surface area contributed by atoms with Gasteiger partial charge in [0.1, 0.15) is 0 Å². The van der Waals surface area contributed by atoms with Gasteiger partial charge in [0.2, 0.25) is 0 Å². The minimum absolute atomic E-state index is 1.31. The molecule has 0 aliphatic rings. The van der Waals surface area contributed by atoms with Crippen LogP contribution in [0.2, 0.25) is 0 Å². The Labute approximate surface area is 164 Å². The molecule has 0 aliphatic heterocycles. The zero-order chi connectivity index (χ0) is 20.5. The highest BCUT2D eigenvalue weighted by atomic mass is 13.9. The van der Waals surface area contributed by atoms with Crippen molar-refractivity contribution in [1.82, 2.24) is 0 Å². The van der Waals surface area contributed by atoms with Gasteiger partial charge in [-0.1, -0.05) is 153 Å². The topological polar surface area (TPSA) is 0 Å². The molecular weight excluding hydrogens is 312 g/mol. The number of rotatable bonds is 1. The van der Waals surface area contributed by atoms with Gasteiger partial charge in [0.05, 0.1) is 0 Å². The van der Waals surface area contributed by atoms with Crippen molar-refractivity contribution in [3.8, 4) is 0 Å². The molecule has 3 aromatic carbocycles. The van der Waals surface area contributed by atoms with Crippen molar-refractivity contribution >= 4 is 10.8 Å². The average Bonchev–Trinajstić information content (AvgIpc) is 2.80. The number of hydrogen-bond donors (Lipinski definition) is 0. The minimum Gasteiger partial charge on any atom is -0.0683 e. The molecule has 0 heteroatoms. The number of unbranched alkanes of at least 4 members (excludes halogenated alkanes) is 1. The Hall–Kier alpha value is -2.08. The molecule has 26 heavy (non-hydrogen) atoms. The van der Waals surface area contributed by atoms with E-state index in [1.165, 1.54) is 23.6 Å². The summed E-state index contributed by atoms with van der Waals surface area (Å²) in [5.41, 5.74) is 0. The van der Waals surface area contributed by atoms with Crippen LogP contribution in [0.1, 0.15) is 68.2 Å². The number of fused-ring (bicyclic) bond motifs is 1. The maximum absolute atomic E-state index is 2.18. The predicted octanol–water partition coefficient (Wildman–Crippen LogP) is 9.41. The van der Waals surface area contributed by atoms with Crippen LogP contribution in [0.5, 0.6) is 0 Å². The lowest BCUT2D eigenvalue weighted by atomic mass is 10.1. The summed E-state index contributed by atoms with van der Waals surface area (Å²) < 4.78 is 0. The van der Waals surface area contributed by atoms with Gasteiger partial charge < -0.3 is 0 Å². The van der Waals surface area contributed by atoms with Gasteiger partial charge >= 0.3 is 0 Å². The monoisotopic (exact) mass is 354 g/mol. The Morgan fingerprint density at radius 2 is 0.577 bits per heavy atom. The fraction of sp³-hybridized carbons (Fsp3) is 0.385. The normalized spacial score (nSPS) is 7.54. The molecule has 0 amide bonds. The predicted molar refractivity (Wildman–Crippen MR) is 125 cm³/mol. The summed E-state index contributed by atoms with van der Waals surface area (Å²) in [6.45, 7) is 16.4. The first-order valence-corrected chi connectivity index (χ1v) is 10.3. The summed E-state index contributed by atoms with van der Waals surface area (Å²) in [5, 5.41) is 2.62. The SMILES string of the molecule is CC.CC.CC.CCCC.c1ccc2ccccc2c1.c1ccccc1. The van der Waals surface area contributed by atoms with Crippen LogP contribution in [0.4, 0.5) is 0 Å². The third-order valence-corrected chi connectivity index (χ3v) is 2.83. The first-order valence-electron chi connectivity index (χ1n) is 10.3. The van der Waals surface area contributed by atoms with Gasteiger partial charge in [-0.3, -0.25) is 0 Å². The van der Waals surface area contributed by atoms with E-state index in [9.17, 15) is 0 Å². The van der Waals surface area contributed by atoms with E-state index in [1.54, 1.807) is 0 Å². The molecule has 0 unspecified atom stereocenters. The first kappa shape index (κ1) is 28.7. The standard InChI is InChI=1S/C10H8.C6H6.C4H10.3C2H6/c1-2-6-10-8-4-3-7-9(10)5-1;1-2-4-6-5-3-1;1-3-4-2;3*1-2/h1-8H;1-6H;3-4H2,1-2H3;3*1-2H3. The molecule has 0 heterocycles. The van der Waals surface area contributed by atoms with Crippen LogP contribution < -0.4 is 0 Å². The maximum atomic E-state index is 2.18. The van der Waals surface area contributed by atoms with Crippen LogP contribution in [-0.2, 0) is 0 Å². The Kier molecular flexibility index (Phi) is 30.6. The zero-order valence-electron chi connectivity index (χ0n) is 18.5. The average molecular weight is 355 g/mol. The second-order valence-corrected chi connectivity index (χ2v) is 4.50. The first-order chi connectivity index (χ1) is 12.9. The largest absolute Gasteiger partial charge is 0.0683 e. The van der Waals surface area contributed by atoms with Gasteiger partial charge in [-0.15, -0.1) is 0 Å². The Balaban J connectivity index is -0.000000287. The lowest BCUT2D eigenvalue weighted by Crippen LogP contribution is -1.67. The highest BCUT2D eigenvalue weighted by Crippen LogP contribution is 2.11. The van der Waals surface area contributed by atoms with Gasteiger partial charge in [-0.25, -0.2) is 0 Å². The van der Waals surface area contributed by atoms with Gasteiger partial charge in [0.25, 0.3) is 0 Å². The smallest absolute Gasteiger partial charge is 0.0184 e. The van der Waals surface area contributed by atoms with Crippen LogP contribution in [0.25, 0.3) is 10.8 Å². The zero-order valence-corrected chi connectivity index (χ0v) is 18.5. The summed E-state index contributed by atoms with van der Waals surface area (Å²) in [6.07, 6.45) is 2.64. The van der Waals surface area contributed by atoms with Crippen LogP contribution >= 0.6 is 0 Å². The Bertz CT molecular complexity index is 461. The van der Waals surface area contributed by atoms with Crippen LogP contribution in [0.15, 0.2) is 84.9 Å². The molecule has 0 radical (unpaired) electrons.